The number of nitrogens with one attached hydrogen (secondary N) is 1. The Morgan fingerprint density at radius 2 is 1.43 bits per heavy atom. The van der Waals surface area contributed by atoms with Gasteiger partial charge in [0.15, 0.2) is 0 Å². The number of carbonyl (C=O) groups excluding carboxylic acids is 1. The zero-order valence-electron chi connectivity index (χ0n) is 19.4. The summed E-state index contributed by atoms with van der Waals surface area (Å²) in [4.78, 5) is 35.0. The summed E-state index contributed by atoms with van der Waals surface area (Å²) in [5.41, 5.74) is 4.25. The molecule has 0 aliphatic rings. The summed E-state index contributed by atoms with van der Waals surface area (Å²) in [5.74, 6) is -4.43. The number of carboxylic acid groups (broad SMARTS) is 2. The van der Waals surface area contributed by atoms with Gasteiger partial charge in [-0.3, -0.25) is 14.4 Å². The van der Waals surface area contributed by atoms with Crippen molar-refractivity contribution in [3.63, 3.8) is 0 Å². The van der Waals surface area contributed by atoms with Gasteiger partial charge in [-0.25, -0.2) is 0 Å². The second-order valence-corrected chi connectivity index (χ2v) is 9.05. The zero-order valence-corrected chi connectivity index (χ0v) is 20.1. The lowest BCUT2D eigenvalue weighted by molar-refractivity contribution is -0.149. The van der Waals surface area contributed by atoms with Crippen LogP contribution >= 0.6 is 11.6 Å². The number of amides is 1. The number of benzene rings is 3. The number of carbonyl (C=O) groups is 3. The highest BCUT2D eigenvalue weighted by Crippen LogP contribution is 2.28. The SMILES string of the molecule is C[C@H](NC(=O)C[C@H](CC(=O)O)C(=O)O)[C@@H](Cc1ccc(Cl)cc1)c1ccc(-c2ccccc2)cc1. The quantitative estimate of drug-likeness (QED) is 0.331. The first-order valence-electron chi connectivity index (χ1n) is 11.4. The number of halogens is 1. The van der Waals surface area contributed by atoms with Crippen molar-refractivity contribution < 1.29 is 24.6 Å². The molecular weight excluding hydrogens is 466 g/mol. The van der Waals surface area contributed by atoms with Crippen LogP contribution in [-0.4, -0.2) is 34.1 Å². The zero-order chi connectivity index (χ0) is 25.4. The Morgan fingerprint density at radius 1 is 0.829 bits per heavy atom. The van der Waals surface area contributed by atoms with Gasteiger partial charge in [-0.2, -0.15) is 0 Å². The van der Waals surface area contributed by atoms with Gasteiger partial charge in [0.05, 0.1) is 12.3 Å². The van der Waals surface area contributed by atoms with Crippen molar-refractivity contribution in [3.8, 4) is 11.1 Å². The fourth-order valence-corrected chi connectivity index (χ4v) is 4.23. The van der Waals surface area contributed by atoms with E-state index in [0.717, 1.165) is 22.3 Å². The largest absolute Gasteiger partial charge is 0.481 e. The molecule has 3 aromatic carbocycles. The monoisotopic (exact) mass is 493 g/mol. The van der Waals surface area contributed by atoms with Crippen molar-refractivity contribution in [2.45, 2.75) is 38.1 Å². The first-order valence-corrected chi connectivity index (χ1v) is 11.7. The van der Waals surface area contributed by atoms with Crippen LogP contribution in [0.1, 0.15) is 36.8 Å². The van der Waals surface area contributed by atoms with Crippen LogP contribution in [0.15, 0.2) is 78.9 Å². The molecule has 3 N–H and O–H groups in total. The van der Waals surface area contributed by atoms with Gasteiger partial charge in [0.2, 0.25) is 5.91 Å². The molecule has 0 spiro atoms. The summed E-state index contributed by atoms with van der Waals surface area (Å²) >= 11 is 6.04. The Kier molecular flexibility index (Phi) is 9.04. The first-order chi connectivity index (χ1) is 16.7. The van der Waals surface area contributed by atoms with E-state index in [0.29, 0.717) is 11.4 Å². The molecule has 0 fully saturated rings. The Morgan fingerprint density at radius 3 is 2.00 bits per heavy atom. The van der Waals surface area contributed by atoms with Crippen molar-refractivity contribution in [1.82, 2.24) is 5.32 Å². The highest BCUT2D eigenvalue weighted by molar-refractivity contribution is 6.30. The van der Waals surface area contributed by atoms with Gasteiger partial charge in [0.25, 0.3) is 0 Å². The van der Waals surface area contributed by atoms with Crippen LogP contribution in [0, 0.1) is 5.92 Å². The maximum atomic E-state index is 12.6. The van der Waals surface area contributed by atoms with Gasteiger partial charge in [-0.05, 0) is 47.7 Å². The molecule has 3 atom stereocenters. The molecule has 0 saturated heterocycles. The minimum absolute atomic E-state index is 0.104. The molecule has 3 rings (SSSR count). The standard InChI is InChI=1S/C28H28ClNO5/c1-18(30-26(31)16-23(28(34)35)17-27(32)33)25(15-19-7-13-24(29)14-8-19)22-11-9-21(10-12-22)20-5-3-2-4-6-20/h2-14,18,23,25H,15-17H2,1H3,(H,30,31)(H,32,33)(H,34,35)/t18-,23+,25+/m0/s1. The van der Waals surface area contributed by atoms with Crippen LogP contribution < -0.4 is 5.32 Å². The lowest BCUT2D eigenvalue weighted by Gasteiger charge is -2.26. The normalized spacial score (nSPS) is 13.4. The lowest BCUT2D eigenvalue weighted by atomic mass is 9.85. The number of carboxylic acids is 2. The molecule has 0 heterocycles. The molecule has 6 nitrogen and oxygen atoms in total. The van der Waals surface area contributed by atoms with E-state index < -0.39 is 36.6 Å². The highest BCUT2D eigenvalue weighted by atomic mass is 35.5. The van der Waals surface area contributed by atoms with Gasteiger partial charge < -0.3 is 15.5 Å². The molecule has 35 heavy (non-hydrogen) atoms. The van der Waals surface area contributed by atoms with Crippen molar-refractivity contribution in [2.24, 2.45) is 5.92 Å². The molecule has 0 bridgehead atoms. The molecule has 0 unspecified atom stereocenters. The number of hydrogen-bond acceptors (Lipinski definition) is 3. The summed E-state index contributed by atoms with van der Waals surface area (Å²) in [6.07, 6.45) is -0.375. The number of hydrogen-bond donors (Lipinski definition) is 3. The Bertz CT molecular complexity index is 1150. The first kappa shape index (κ1) is 26.0. The Hall–Kier alpha value is -3.64. The summed E-state index contributed by atoms with van der Waals surface area (Å²) in [6.45, 7) is 1.87. The molecule has 1 amide bonds. The molecule has 0 aliphatic heterocycles. The summed E-state index contributed by atoms with van der Waals surface area (Å²) in [7, 11) is 0. The summed E-state index contributed by atoms with van der Waals surface area (Å²) in [5, 5.41) is 21.8. The third kappa shape index (κ3) is 7.69. The third-order valence-corrected chi connectivity index (χ3v) is 6.26. The molecule has 0 aromatic heterocycles. The molecule has 0 saturated carbocycles. The molecule has 3 aromatic rings. The van der Waals surface area contributed by atoms with Gasteiger partial charge in [0.1, 0.15) is 0 Å². The van der Waals surface area contributed by atoms with Crippen molar-refractivity contribution in [2.75, 3.05) is 0 Å². The topological polar surface area (TPSA) is 104 Å². The Balaban J connectivity index is 1.81. The van der Waals surface area contributed by atoms with Crippen molar-refractivity contribution in [3.05, 3.63) is 95.0 Å². The smallest absolute Gasteiger partial charge is 0.307 e. The fraction of sp³-hybridized carbons (Fsp3) is 0.250. The maximum absolute atomic E-state index is 12.6. The van der Waals surface area contributed by atoms with Crippen LogP contribution in [0.25, 0.3) is 11.1 Å². The predicted molar refractivity (Wildman–Crippen MR) is 135 cm³/mol. The van der Waals surface area contributed by atoms with E-state index >= 15 is 0 Å². The summed E-state index contributed by atoms with van der Waals surface area (Å²) < 4.78 is 0. The van der Waals surface area contributed by atoms with Crippen LogP contribution in [0.3, 0.4) is 0 Å². The van der Waals surface area contributed by atoms with Crippen LogP contribution in [-0.2, 0) is 20.8 Å². The molecule has 182 valence electrons. The maximum Gasteiger partial charge on any atom is 0.307 e. The minimum atomic E-state index is -1.30. The highest BCUT2D eigenvalue weighted by Gasteiger charge is 2.27. The second kappa shape index (κ2) is 12.2. The third-order valence-electron chi connectivity index (χ3n) is 6.01. The van der Waals surface area contributed by atoms with Crippen LogP contribution in [0.5, 0.6) is 0 Å². The van der Waals surface area contributed by atoms with E-state index in [-0.39, 0.29) is 12.0 Å². The van der Waals surface area contributed by atoms with E-state index in [1.807, 2.05) is 85.8 Å². The van der Waals surface area contributed by atoms with E-state index in [9.17, 15) is 19.5 Å². The molecule has 0 radical (unpaired) electrons. The van der Waals surface area contributed by atoms with E-state index in [4.69, 9.17) is 16.7 Å². The van der Waals surface area contributed by atoms with Crippen LogP contribution in [0.4, 0.5) is 0 Å². The predicted octanol–water partition coefficient (Wildman–Crippen LogP) is 5.40. The average Bonchev–Trinajstić information content (AvgIpc) is 2.83. The molecular formula is C28H28ClNO5. The van der Waals surface area contributed by atoms with E-state index in [1.54, 1.807) is 0 Å². The fourth-order valence-electron chi connectivity index (χ4n) is 4.11. The van der Waals surface area contributed by atoms with Crippen molar-refractivity contribution >= 4 is 29.4 Å². The minimum Gasteiger partial charge on any atom is -0.481 e. The van der Waals surface area contributed by atoms with Gasteiger partial charge in [0, 0.05) is 23.4 Å². The second-order valence-electron chi connectivity index (χ2n) is 8.62. The molecule has 0 aliphatic carbocycles. The average molecular weight is 494 g/mol. The Labute approximate surface area is 209 Å². The molecule has 7 heteroatoms. The van der Waals surface area contributed by atoms with Gasteiger partial charge in [-0.15, -0.1) is 0 Å². The van der Waals surface area contributed by atoms with Crippen molar-refractivity contribution in [1.29, 1.82) is 0 Å². The van der Waals surface area contributed by atoms with Gasteiger partial charge >= 0.3 is 11.9 Å². The lowest BCUT2D eigenvalue weighted by Crippen LogP contribution is -2.39. The number of rotatable bonds is 11. The van der Waals surface area contributed by atoms with Gasteiger partial charge in [-0.1, -0.05) is 78.3 Å². The van der Waals surface area contributed by atoms with Crippen LogP contribution in [0.2, 0.25) is 5.02 Å². The summed E-state index contributed by atoms with van der Waals surface area (Å²) in [6, 6.07) is 25.4. The van der Waals surface area contributed by atoms with E-state index in [1.165, 1.54) is 0 Å². The number of aliphatic carboxylic acids is 2. The van der Waals surface area contributed by atoms with E-state index in [2.05, 4.69) is 5.32 Å².